The molecule has 3 aromatic rings. The predicted octanol–water partition coefficient (Wildman–Crippen LogP) is 2.09. The van der Waals surface area contributed by atoms with E-state index in [1.165, 1.54) is 23.8 Å². The smallest absolute Gasteiger partial charge is 0.338 e. The molecule has 0 unspecified atom stereocenters. The molecule has 2 aromatic heterocycles. The van der Waals surface area contributed by atoms with Crippen LogP contribution in [0.1, 0.15) is 10.4 Å². The van der Waals surface area contributed by atoms with Crippen molar-refractivity contribution >= 4 is 17.3 Å². The molecule has 0 spiro atoms. The van der Waals surface area contributed by atoms with Crippen LogP contribution in [0.2, 0.25) is 0 Å². The molecule has 3 rings (SSSR count). The maximum atomic E-state index is 11.5. The van der Waals surface area contributed by atoms with Crippen molar-refractivity contribution in [2.24, 2.45) is 0 Å². The van der Waals surface area contributed by atoms with Gasteiger partial charge in [0.1, 0.15) is 0 Å². The first kappa shape index (κ1) is 13.7. The van der Waals surface area contributed by atoms with Crippen LogP contribution in [0, 0.1) is 10.1 Å². The third-order valence-corrected chi connectivity index (χ3v) is 3.07. The fourth-order valence-corrected chi connectivity index (χ4v) is 2.01. The number of carbonyl (C=O) groups is 1. The molecular weight excluding hydrogens is 288 g/mol. The van der Waals surface area contributed by atoms with E-state index in [-0.39, 0.29) is 5.69 Å². The molecule has 110 valence electrons. The lowest BCUT2D eigenvalue weighted by atomic mass is 10.2. The van der Waals surface area contributed by atoms with Gasteiger partial charge in [-0.15, -0.1) is 5.10 Å². The Morgan fingerprint density at radius 3 is 2.86 bits per heavy atom. The number of ether oxygens (including phenoxy) is 1. The van der Waals surface area contributed by atoms with Gasteiger partial charge in [-0.3, -0.25) is 10.1 Å². The average Bonchev–Trinajstić information content (AvgIpc) is 2.97. The summed E-state index contributed by atoms with van der Waals surface area (Å²) in [6.45, 7) is 0. The largest absolute Gasteiger partial charge is 0.465 e. The number of nitrogens with zero attached hydrogens (tertiary/aromatic N) is 4. The quantitative estimate of drug-likeness (QED) is 0.417. The van der Waals surface area contributed by atoms with Crippen molar-refractivity contribution in [2.75, 3.05) is 7.11 Å². The van der Waals surface area contributed by atoms with Crippen molar-refractivity contribution in [3.05, 3.63) is 58.3 Å². The Labute approximate surface area is 124 Å². The molecule has 22 heavy (non-hydrogen) atoms. The maximum absolute atomic E-state index is 11.5. The van der Waals surface area contributed by atoms with Gasteiger partial charge >= 0.3 is 5.97 Å². The number of pyridine rings is 1. The monoisotopic (exact) mass is 298 g/mol. The van der Waals surface area contributed by atoms with Gasteiger partial charge in [-0.2, -0.15) is 0 Å². The van der Waals surface area contributed by atoms with Crippen molar-refractivity contribution < 1.29 is 14.5 Å². The molecule has 0 aliphatic heterocycles. The van der Waals surface area contributed by atoms with E-state index in [9.17, 15) is 14.9 Å². The molecule has 8 nitrogen and oxygen atoms in total. The lowest BCUT2D eigenvalue weighted by molar-refractivity contribution is -0.384. The van der Waals surface area contributed by atoms with Gasteiger partial charge in [-0.05, 0) is 12.1 Å². The lowest BCUT2D eigenvalue weighted by Gasteiger charge is -1.97. The minimum absolute atomic E-state index is 0.0356. The van der Waals surface area contributed by atoms with Crippen LogP contribution in [0.3, 0.4) is 0 Å². The maximum Gasteiger partial charge on any atom is 0.338 e. The number of rotatable bonds is 3. The number of nitro benzene ring substituents is 1. The molecular formula is C14H10N4O4. The summed E-state index contributed by atoms with van der Waals surface area (Å²) in [5.74, 6) is -0.131. The topological polar surface area (TPSA) is 99.6 Å². The van der Waals surface area contributed by atoms with Gasteiger partial charge in [-0.25, -0.2) is 14.3 Å². The minimum Gasteiger partial charge on any atom is -0.465 e. The number of fused-ring (bicyclic) bond motifs is 1. The Bertz CT molecular complexity index is 887. The molecule has 8 heteroatoms. The number of nitro groups is 1. The number of benzene rings is 1. The summed E-state index contributed by atoms with van der Waals surface area (Å²) in [4.78, 5) is 26.1. The highest BCUT2D eigenvalue weighted by Crippen LogP contribution is 2.21. The number of carbonyl (C=O) groups excluding carboxylic acids is 1. The standard InChI is InChI=1S/C14H10N4O4/c1-22-14(19)10-5-6-17-12(8-10)15-13(16-17)9-3-2-4-11(7-9)18(20)21/h2-8H,1H3. The van der Waals surface area contributed by atoms with Crippen LogP contribution in [0.4, 0.5) is 5.69 Å². The number of aromatic nitrogens is 3. The minimum atomic E-state index is -0.478. The molecule has 0 atom stereocenters. The van der Waals surface area contributed by atoms with Gasteiger partial charge in [0.25, 0.3) is 5.69 Å². The average molecular weight is 298 g/mol. The molecule has 0 saturated heterocycles. The molecule has 0 N–H and O–H groups in total. The van der Waals surface area contributed by atoms with Crippen molar-refractivity contribution in [2.45, 2.75) is 0 Å². The first-order valence-corrected chi connectivity index (χ1v) is 6.28. The number of hydrogen-bond donors (Lipinski definition) is 0. The fourth-order valence-electron chi connectivity index (χ4n) is 2.01. The summed E-state index contributed by atoms with van der Waals surface area (Å²) in [6, 6.07) is 9.15. The number of non-ortho nitro benzene ring substituents is 1. The van der Waals surface area contributed by atoms with E-state index in [0.29, 0.717) is 22.6 Å². The number of hydrogen-bond acceptors (Lipinski definition) is 6. The van der Waals surface area contributed by atoms with Crippen LogP contribution in [0.25, 0.3) is 17.0 Å². The van der Waals surface area contributed by atoms with Crippen molar-refractivity contribution in [3.63, 3.8) is 0 Å². The van der Waals surface area contributed by atoms with E-state index >= 15 is 0 Å². The molecule has 0 bridgehead atoms. The molecule has 0 amide bonds. The zero-order valence-electron chi connectivity index (χ0n) is 11.5. The SMILES string of the molecule is COC(=O)c1ccn2nc(-c3cccc([N+](=O)[O-])c3)nc2c1. The Morgan fingerprint density at radius 2 is 2.14 bits per heavy atom. The summed E-state index contributed by atoms with van der Waals surface area (Å²) >= 11 is 0. The summed E-state index contributed by atoms with van der Waals surface area (Å²) in [5, 5.41) is 15.1. The van der Waals surface area contributed by atoms with E-state index in [4.69, 9.17) is 0 Å². The molecule has 0 aliphatic carbocycles. The molecule has 0 fully saturated rings. The van der Waals surface area contributed by atoms with E-state index in [2.05, 4.69) is 14.8 Å². The second-order valence-electron chi connectivity index (χ2n) is 4.45. The van der Waals surface area contributed by atoms with Crippen LogP contribution in [0.5, 0.6) is 0 Å². The van der Waals surface area contributed by atoms with Crippen LogP contribution >= 0.6 is 0 Å². The highest BCUT2D eigenvalue weighted by atomic mass is 16.6. The first-order valence-electron chi connectivity index (χ1n) is 6.28. The van der Waals surface area contributed by atoms with E-state index in [1.807, 2.05) is 0 Å². The Balaban J connectivity index is 2.07. The van der Waals surface area contributed by atoms with Crippen molar-refractivity contribution in [1.82, 2.24) is 14.6 Å². The second-order valence-corrected chi connectivity index (χ2v) is 4.45. The number of esters is 1. The first-order chi connectivity index (χ1) is 10.6. The summed E-state index contributed by atoms with van der Waals surface area (Å²) in [6.07, 6.45) is 1.58. The Morgan fingerprint density at radius 1 is 1.32 bits per heavy atom. The molecule has 0 radical (unpaired) electrons. The molecule has 2 heterocycles. The third kappa shape index (κ3) is 2.37. The van der Waals surface area contributed by atoms with Gasteiger partial charge in [0.15, 0.2) is 11.5 Å². The molecule has 1 aromatic carbocycles. The third-order valence-electron chi connectivity index (χ3n) is 3.07. The molecule has 0 saturated carbocycles. The number of methoxy groups -OCH3 is 1. The summed E-state index contributed by atoms with van der Waals surface area (Å²) in [5.41, 5.74) is 1.29. The zero-order valence-corrected chi connectivity index (χ0v) is 11.5. The van der Waals surface area contributed by atoms with E-state index in [0.717, 1.165) is 0 Å². The van der Waals surface area contributed by atoms with E-state index in [1.54, 1.807) is 30.5 Å². The Kier molecular flexibility index (Phi) is 3.26. The van der Waals surface area contributed by atoms with Gasteiger partial charge in [0.2, 0.25) is 0 Å². The van der Waals surface area contributed by atoms with Gasteiger partial charge in [0.05, 0.1) is 17.6 Å². The summed E-state index contributed by atoms with van der Waals surface area (Å²) < 4.78 is 6.13. The van der Waals surface area contributed by atoms with Gasteiger partial charge in [-0.1, -0.05) is 12.1 Å². The predicted molar refractivity (Wildman–Crippen MR) is 76.4 cm³/mol. The zero-order chi connectivity index (χ0) is 15.7. The van der Waals surface area contributed by atoms with Crippen LogP contribution in [-0.4, -0.2) is 32.6 Å². The Hall–Kier alpha value is -3.29. The van der Waals surface area contributed by atoms with Crippen LogP contribution in [-0.2, 0) is 4.74 Å². The van der Waals surface area contributed by atoms with Crippen LogP contribution in [0.15, 0.2) is 42.6 Å². The highest BCUT2D eigenvalue weighted by Gasteiger charge is 2.13. The van der Waals surface area contributed by atoms with Crippen molar-refractivity contribution in [3.8, 4) is 11.4 Å². The van der Waals surface area contributed by atoms with Gasteiger partial charge < -0.3 is 4.74 Å². The second kappa shape index (κ2) is 5.24. The van der Waals surface area contributed by atoms with Crippen molar-refractivity contribution in [1.29, 1.82) is 0 Å². The van der Waals surface area contributed by atoms with E-state index < -0.39 is 10.9 Å². The van der Waals surface area contributed by atoms with Crippen LogP contribution < -0.4 is 0 Å². The summed E-state index contributed by atoms with van der Waals surface area (Å²) in [7, 11) is 1.30. The normalized spacial score (nSPS) is 10.6. The highest BCUT2D eigenvalue weighted by molar-refractivity contribution is 5.90. The fraction of sp³-hybridized carbons (Fsp3) is 0.0714. The lowest BCUT2D eigenvalue weighted by Crippen LogP contribution is -2.02. The molecule has 0 aliphatic rings. The van der Waals surface area contributed by atoms with Gasteiger partial charge in [0, 0.05) is 23.9 Å².